The van der Waals surface area contributed by atoms with E-state index >= 15 is 0 Å². The highest BCUT2D eigenvalue weighted by molar-refractivity contribution is 5.93. The van der Waals surface area contributed by atoms with E-state index in [2.05, 4.69) is 9.72 Å². The van der Waals surface area contributed by atoms with E-state index in [9.17, 15) is 23.1 Å². The fourth-order valence-electron chi connectivity index (χ4n) is 2.55. The molecule has 3 aromatic rings. The van der Waals surface area contributed by atoms with Gasteiger partial charge in [0.25, 0.3) is 0 Å². The Morgan fingerprint density at radius 1 is 1.25 bits per heavy atom. The summed E-state index contributed by atoms with van der Waals surface area (Å²) in [6, 6.07) is 7.66. The second-order valence-corrected chi connectivity index (χ2v) is 5.74. The monoisotopic (exact) mass is 393 g/mol. The molecule has 0 fully saturated rings. The number of aromatic nitrogens is 3. The highest BCUT2D eigenvalue weighted by Crippen LogP contribution is 2.24. The molecular weight excluding hydrogens is 379 g/mol. The van der Waals surface area contributed by atoms with Crippen LogP contribution in [0.5, 0.6) is 11.6 Å². The Labute approximate surface area is 155 Å². The predicted molar refractivity (Wildman–Crippen MR) is 92.7 cm³/mol. The van der Waals surface area contributed by atoms with Crippen LogP contribution in [0, 0.1) is 5.41 Å². The molecule has 8 nitrogen and oxygen atoms in total. The van der Waals surface area contributed by atoms with Crippen molar-refractivity contribution in [2.45, 2.75) is 12.9 Å². The summed E-state index contributed by atoms with van der Waals surface area (Å²) in [6.07, 6.45) is -2.20. The maximum atomic E-state index is 12.6. The van der Waals surface area contributed by atoms with Gasteiger partial charge in [-0.3, -0.25) is 15.0 Å². The van der Waals surface area contributed by atoms with Crippen molar-refractivity contribution in [2.24, 2.45) is 5.73 Å². The van der Waals surface area contributed by atoms with Gasteiger partial charge >= 0.3 is 12.1 Å². The molecule has 0 aliphatic carbocycles. The van der Waals surface area contributed by atoms with Crippen molar-refractivity contribution in [1.29, 1.82) is 5.41 Å². The molecule has 0 atom stereocenters. The highest BCUT2D eigenvalue weighted by Gasteiger charge is 2.31. The first-order chi connectivity index (χ1) is 13.1. The number of ether oxygens (including phenoxy) is 1. The first kappa shape index (κ1) is 19.0. The Hall–Kier alpha value is -3.76. The van der Waals surface area contributed by atoms with Gasteiger partial charge in [0.2, 0.25) is 5.88 Å². The first-order valence-corrected chi connectivity index (χ1v) is 7.81. The van der Waals surface area contributed by atoms with Crippen LogP contribution in [0.2, 0.25) is 0 Å². The third-order valence-electron chi connectivity index (χ3n) is 3.72. The van der Waals surface area contributed by atoms with E-state index in [1.165, 1.54) is 35.2 Å². The lowest BCUT2D eigenvalue weighted by Crippen LogP contribution is -2.24. The lowest BCUT2D eigenvalue weighted by atomic mass is 10.2. The van der Waals surface area contributed by atoms with Gasteiger partial charge in [-0.15, -0.1) is 13.2 Å². The third-order valence-corrected chi connectivity index (χ3v) is 3.72. The summed E-state index contributed by atoms with van der Waals surface area (Å²) in [5.41, 5.74) is 5.81. The molecule has 0 aliphatic rings. The minimum absolute atomic E-state index is 0.0669. The molecule has 0 saturated heterocycles. The van der Waals surface area contributed by atoms with Gasteiger partial charge in [0.1, 0.15) is 17.3 Å². The van der Waals surface area contributed by atoms with Crippen LogP contribution in [0.3, 0.4) is 0 Å². The van der Waals surface area contributed by atoms with Crippen LogP contribution in [0.4, 0.5) is 13.2 Å². The molecule has 0 aliphatic heterocycles. The van der Waals surface area contributed by atoms with Gasteiger partial charge in [0.05, 0.1) is 18.4 Å². The van der Waals surface area contributed by atoms with Crippen molar-refractivity contribution in [3.63, 3.8) is 0 Å². The average molecular weight is 393 g/mol. The Kier molecular flexibility index (Phi) is 4.82. The van der Waals surface area contributed by atoms with Gasteiger partial charge in [-0.05, 0) is 42.0 Å². The molecule has 1 aromatic carbocycles. The highest BCUT2D eigenvalue weighted by atomic mass is 19.4. The number of rotatable bonds is 5. The molecule has 11 heteroatoms. The summed E-state index contributed by atoms with van der Waals surface area (Å²) in [4.78, 5) is 16.5. The van der Waals surface area contributed by atoms with Crippen molar-refractivity contribution in [1.82, 2.24) is 14.1 Å². The molecule has 3 rings (SSSR count). The normalized spacial score (nSPS) is 11.4. The number of nitrogens with one attached hydrogen (secondary N) is 1. The summed E-state index contributed by atoms with van der Waals surface area (Å²) in [6.45, 7) is 0.0669. The van der Waals surface area contributed by atoms with Crippen LogP contribution in [0.25, 0.3) is 5.69 Å². The molecule has 146 valence electrons. The van der Waals surface area contributed by atoms with Crippen molar-refractivity contribution in [2.75, 3.05) is 0 Å². The Morgan fingerprint density at radius 3 is 2.54 bits per heavy atom. The molecule has 0 bridgehead atoms. The SMILES string of the molecule is N=C(N)c1cc(Cn2cc(O)n(-c3ccc(OC(F)(F)F)cc3)c2=O)ccn1. The number of alkyl halides is 3. The molecule has 0 spiro atoms. The standard InChI is InChI=1S/C17H14F3N5O3/c18-17(19,20)28-12-3-1-11(2-4-12)25-14(26)9-24(16(25)27)8-10-5-6-23-13(7-10)15(21)22/h1-7,9,26H,8H2,(H3,21,22). The smallest absolute Gasteiger partial charge is 0.493 e. The van der Waals surface area contributed by atoms with Crippen LogP contribution in [0.1, 0.15) is 11.3 Å². The van der Waals surface area contributed by atoms with Gasteiger partial charge in [0, 0.05) is 6.20 Å². The number of hydrogen-bond donors (Lipinski definition) is 3. The van der Waals surface area contributed by atoms with Crippen molar-refractivity contribution in [3.8, 4) is 17.3 Å². The minimum atomic E-state index is -4.83. The Balaban J connectivity index is 1.89. The number of amidine groups is 1. The molecule has 4 N–H and O–H groups in total. The van der Waals surface area contributed by atoms with E-state index in [0.717, 1.165) is 16.7 Å². The molecule has 28 heavy (non-hydrogen) atoms. The minimum Gasteiger partial charge on any atom is -0.493 e. The first-order valence-electron chi connectivity index (χ1n) is 7.81. The number of benzene rings is 1. The van der Waals surface area contributed by atoms with Gasteiger partial charge in [-0.1, -0.05) is 0 Å². The second kappa shape index (κ2) is 7.10. The van der Waals surface area contributed by atoms with Crippen LogP contribution >= 0.6 is 0 Å². The van der Waals surface area contributed by atoms with Crippen LogP contribution in [-0.2, 0) is 6.54 Å². The second-order valence-electron chi connectivity index (χ2n) is 5.74. The molecule has 2 heterocycles. The zero-order valence-corrected chi connectivity index (χ0v) is 14.1. The van der Waals surface area contributed by atoms with Crippen LogP contribution < -0.4 is 16.2 Å². The maximum Gasteiger partial charge on any atom is 0.573 e. The van der Waals surface area contributed by atoms with Gasteiger partial charge in [-0.25, -0.2) is 9.36 Å². The summed E-state index contributed by atoms with van der Waals surface area (Å²) < 4.78 is 42.6. The van der Waals surface area contributed by atoms with Gasteiger partial charge in [0.15, 0.2) is 0 Å². The quantitative estimate of drug-likeness (QED) is 0.452. The topological polar surface area (TPSA) is 119 Å². The number of nitrogen functional groups attached to an aromatic ring is 1. The number of hydrogen-bond acceptors (Lipinski definition) is 5. The van der Waals surface area contributed by atoms with E-state index in [0.29, 0.717) is 5.56 Å². The molecule has 0 radical (unpaired) electrons. The lowest BCUT2D eigenvalue weighted by molar-refractivity contribution is -0.274. The number of pyridine rings is 1. The average Bonchev–Trinajstić information content (AvgIpc) is 2.88. The van der Waals surface area contributed by atoms with E-state index in [-0.39, 0.29) is 23.8 Å². The van der Waals surface area contributed by atoms with Crippen molar-refractivity contribution in [3.05, 3.63) is 70.5 Å². The molecule has 0 amide bonds. The number of imidazole rings is 1. The van der Waals surface area contributed by atoms with Gasteiger partial charge < -0.3 is 15.6 Å². The number of aromatic hydroxyl groups is 1. The van der Waals surface area contributed by atoms with E-state index in [1.54, 1.807) is 6.07 Å². The van der Waals surface area contributed by atoms with Crippen LogP contribution in [0.15, 0.2) is 53.6 Å². The Morgan fingerprint density at radius 2 is 1.93 bits per heavy atom. The maximum absolute atomic E-state index is 12.6. The fraction of sp³-hybridized carbons (Fsp3) is 0.118. The number of nitrogens with zero attached hydrogens (tertiary/aromatic N) is 3. The van der Waals surface area contributed by atoms with Crippen LogP contribution in [-0.4, -0.2) is 31.4 Å². The predicted octanol–water partition coefficient (Wildman–Crippen LogP) is 1.97. The molecular formula is C17H14F3N5O3. The lowest BCUT2D eigenvalue weighted by Gasteiger charge is -2.09. The zero-order chi connectivity index (χ0) is 20.5. The largest absolute Gasteiger partial charge is 0.573 e. The fourth-order valence-corrected chi connectivity index (χ4v) is 2.55. The summed E-state index contributed by atoms with van der Waals surface area (Å²) in [7, 11) is 0. The summed E-state index contributed by atoms with van der Waals surface area (Å²) in [5, 5.41) is 17.5. The number of nitrogens with two attached hydrogens (primary N) is 1. The van der Waals surface area contributed by atoms with Gasteiger partial charge in [-0.2, -0.15) is 0 Å². The summed E-state index contributed by atoms with van der Waals surface area (Å²) in [5.74, 6) is -1.07. The Bertz CT molecular complexity index is 1070. The van der Waals surface area contributed by atoms with Crippen molar-refractivity contribution < 1.29 is 23.0 Å². The van der Waals surface area contributed by atoms with E-state index in [1.807, 2.05) is 0 Å². The zero-order valence-electron chi connectivity index (χ0n) is 14.1. The third kappa shape index (κ3) is 4.14. The van der Waals surface area contributed by atoms with Crippen molar-refractivity contribution >= 4 is 5.84 Å². The molecule has 0 saturated carbocycles. The molecule has 2 aromatic heterocycles. The number of halogens is 3. The molecule has 0 unspecified atom stereocenters. The van der Waals surface area contributed by atoms with E-state index < -0.39 is 23.7 Å². The summed E-state index contributed by atoms with van der Waals surface area (Å²) >= 11 is 0. The van der Waals surface area contributed by atoms with E-state index in [4.69, 9.17) is 11.1 Å².